The zero-order valence-electron chi connectivity index (χ0n) is 4.71. The molecule has 0 spiro atoms. The number of rotatable bonds is 1. The average molecular weight is 117 g/mol. The molecule has 1 aliphatic rings. The number of hydrogen-bond acceptors (Lipinski definition) is 3. The molecule has 1 rings (SSSR count). The van der Waals surface area contributed by atoms with Crippen LogP contribution in [0.25, 0.3) is 0 Å². The zero-order valence-corrected chi connectivity index (χ0v) is 4.71. The van der Waals surface area contributed by atoms with Crippen LogP contribution in [0.4, 0.5) is 0 Å². The van der Waals surface area contributed by atoms with E-state index in [4.69, 9.17) is 15.6 Å². The summed E-state index contributed by atoms with van der Waals surface area (Å²) in [4.78, 5) is 0. The van der Waals surface area contributed by atoms with Gasteiger partial charge in [0.05, 0.1) is 13.2 Å². The summed E-state index contributed by atoms with van der Waals surface area (Å²) in [7, 11) is 0. The first-order valence-electron chi connectivity index (χ1n) is 2.78. The van der Waals surface area contributed by atoms with Crippen LogP contribution >= 0.6 is 0 Å². The summed E-state index contributed by atoms with van der Waals surface area (Å²) in [6, 6.07) is 0.0556. The predicted octanol–water partition coefficient (Wildman–Crippen LogP) is -1.05. The second-order valence-electron chi connectivity index (χ2n) is 2.14. The molecule has 0 saturated carbocycles. The van der Waals surface area contributed by atoms with Gasteiger partial charge in [-0.1, -0.05) is 0 Å². The van der Waals surface area contributed by atoms with Gasteiger partial charge in [-0.25, -0.2) is 0 Å². The van der Waals surface area contributed by atoms with Crippen LogP contribution in [0, 0.1) is 5.92 Å². The van der Waals surface area contributed by atoms with Gasteiger partial charge in [-0.15, -0.1) is 0 Å². The Morgan fingerprint density at radius 1 is 1.62 bits per heavy atom. The van der Waals surface area contributed by atoms with Crippen LogP contribution in [-0.4, -0.2) is 31.0 Å². The maximum Gasteiger partial charge on any atom is 0.0622 e. The number of nitrogens with two attached hydrogens (primary N) is 1. The summed E-state index contributed by atoms with van der Waals surface area (Å²) in [6.45, 7) is 1.38. The van der Waals surface area contributed by atoms with E-state index in [-0.39, 0.29) is 18.6 Å². The van der Waals surface area contributed by atoms with E-state index in [1.54, 1.807) is 0 Å². The summed E-state index contributed by atoms with van der Waals surface area (Å²) in [6.07, 6.45) is 0. The number of aliphatic hydroxyl groups is 1. The van der Waals surface area contributed by atoms with E-state index < -0.39 is 0 Å². The van der Waals surface area contributed by atoms with Gasteiger partial charge in [0.2, 0.25) is 0 Å². The molecule has 0 aromatic carbocycles. The molecule has 0 unspecified atom stereocenters. The van der Waals surface area contributed by atoms with Crippen molar-refractivity contribution in [2.24, 2.45) is 11.7 Å². The Morgan fingerprint density at radius 2 is 2.38 bits per heavy atom. The summed E-state index contributed by atoms with van der Waals surface area (Å²) >= 11 is 0. The quantitative estimate of drug-likeness (QED) is 0.461. The Hall–Kier alpha value is -0.120. The van der Waals surface area contributed by atoms with Crippen molar-refractivity contribution < 1.29 is 9.84 Å². The molecule has 8 heavy (non-hydrogen) atoms. The Balaban J connectivity index is 2.30. The molecule has 48 valence electrons. The number of hydrogen-bond donors (Lipinski definition) is 2. The first-order valence-corrected chi connectivity index (χ1v) is 2.78. The molecular weight excluding hydrogens is 106 g/mol. The SMILES string of the molecule is N[C@@H]1COC[C@H]1CO. The second kappa shape index (κ2) is 2.44. The minimum Gasteiger partial charge on any atom is -0.396 e. The Kier molecular flexibility index (Phi) is 1.83. The zero-order chi connectivity index (χ0) is 5.98. The summed E-state index contributed by atoms with van der Waals surface area (Å²) < 4.78 is 4.98. The van der Waals surface area contributed by atoms with Gasteiger partial charge < -0.3 is 15.6 Å². The van der Waals surface area contributed by atoms with Crippen molar-refractivity contribution in [1.29, 1.82) is 0 Å². The molecule has 1 fully saturated rings. The maximum atomic E-state index is 8.58. The molecule has 1 aliphatic heterocycles. The van der Waals surface area contributed by atoms with Gasteiger partial charge in [0.1, 0.15) is 0 Å². The lowest BCUT2D eigenvalue weighted by Gasteiger charge is -2.06. The van der Waals surface area contributed by atoms with Crippen LogP contribution in [0.5, 0.6) is 0 Å². The van der Waals surface area contributed by atoms with Crippen molar-refractivity contribution in [3.8, 4) is 0 Å². The average Bonchev–Trinajstić information content (AvgIpc) is 2.14. The van der Waals surface area contributed by atoms with E-state index in [1.165, 1.54) is 0 Å². The van der Waals surface area contributed by atoms with Crippen molar-refractivity contribution in [3.63, 3.8) is 0 Å². The van der Waals surface area contributed by atoms with E-state index in [0.717, 1.165) is 0 Å². The Bertz CT molecular complexity index is 76.8. The van der Waals surface area contributed by atoms with E-state index in [2.05, 4.69) is 0 Å². The lowest BCUT2D eigenvalue weighted by molar-refractivity contribution is 0.161. The highest BCUT2D eigenvalue weighted by Crippen LogP contribution is 2.09. The highest BCUT2D eigenvalue weighted by Gasteiger charge is 2.23. The molecule has 0 aromatic rings. The van der Waals surface area contributed by atoms with Gasteiger partial charge in [0.15, 0.2) is 0 Å². The molecule has 0 radical (unpaired) electrons. The molecule has 0 aliphatic carbocycles. The van der Waals surface area contributed by atoms with Crippen molar-refractivity contribution in [3.05, 3.63) is 0 Å². The largest absolute Gasteiger partial charge is 0.396 e. The fourth-order valence-electron chi connectivity index (χ4n) is 0.803. The monoisotopic (exact) mass is 117 g/mol. The highest BCUT2D eigenvalue weighted by atomic mass is 16.5. The third-order valence-corrected chi connectivity index (χ3v) is 1.48. The molecular formula is C5H11NO2. The van der Waals surface area contributed by atoms with Crippen LogP contribution in [-0.2, 0) is 4.74 Å². The topological polar surface area (TPSA) is 55.5 Å². The van der Waals surface area contributed by atoms with Crippen molar-refractivity contribution in [1.82, 2.24) is 0 Å². The molecule has 3 heteroatoms. The molecule has 0 aromatic heterocycles. The molecule has 2 atom stereocenters. The smallest absolute Gasteiger partial charge is 0.0622 e. The fraction of sp³-hybridized carbons (Fsp3) is 1.00. The fourth-order valence-corrected chi connectivity index (χ4v) is 0.803. The Labute approximate surface area is 48.4 Å². The first kappa shape index (κ1) is 6.01. The maximum absolute atomic E-state index is 8.58. The van der Waals surface area contributed by atoms with E-state index in [0.29, 0.717) is 13.2 Å². The van der Waals surface area contributed by atoms with Crippen LogP contribution in [0.15, 0.2) is 0 Å². The third kappa shape index (κ3) is 0.992. The summed E-state index contributed by atoms with van der Waals surface area (Å²) in [5.41, 5.74) is 5.50. The standard InChI is InChI=1S/C5H11NO2/c6-5-3-8-2-4(5)1-7/h4-5,7H,1-3,6H2/t4-,5-/m1/s1. The Morgan fingerprint density at radius 3 is 2.62 bits per heavy atom. The third-order valence-electron chi connectivity index (χ3n) is 1.48. The van der Waals surface area contributed by atoms with Gasteiger partial charge >= 0.3 is 0 Å². The summed E-state index contributed by atoms with van der Waals surface area (Å²) in [5.74, 6) is 0.176. The van der Waals surface area contributed by atoms with Gasteiger partial charge in [-0.2, -0.15) is 0 Å². The lowest BCUT2D eigenvalue weighted by atomic mass is 10.1. The van der Waals surface area contributed by atoms with E-state index in [9.17, 15) is 0 Å². The molecule has 1 heterocycles. The highest BCUT2D eigenvalue weighted by molar-refractivity contribution is 4.76. The lowest BCUT2D eigenvalue weighted by Crippen LogP contribution is -2.30. The van der Waals surface area contributed by atoms with E-state index >= 15 is 0 Å². The minimum absolute atomic E-state index is 0.0556. The second-order valence-corrected chi connectivity index (χ2v) is 2.14. The molecule has 1 saturated heterocycles. The molecule has 0 amide bonds. The van der Waals surface area contributed by atoms with Crippen LogP contribution in [0.2, 0.25) is 0 Å². The van der Waals surface area contributed by atoms with Crippen LogP contribution in [0.1, 0.15) is 0 Å². The van der Waals surface area contributed by atoms with Crippen molar-refractivity contribution >= 4 is 0 Å². The minimum atomic E-state index is 0.0556. The number of aliphatic hydroxyl groups excluding tert-OH is 1. The van der Waals surface area contributed by atoms with Gasteiger partial charge in [-0.3, -0.25) is 0 Å². The molecule has 0 bridgehead atoms. The van der Waals surface area contributed by atoms with Crippen LogP contribution < -0.4 is 5.73 Å². The van der Waals surface area contributed by atoms with Crippen molar-refractivity contribution in [2.75, 3.05) is 19.8 Å². The molecule has 3 N–H and O–H groups in total. The predicted molar refractivity (Wildman–Crippen MR) is 29.4 cm³/mol. The number of ether oxygens (including phenoxy) is 1. The summed E-state index contributed by atoms with van der Waals surface area (Å²) in [5, 5.41) is 8.58. The first-order chi connectivity index (χ1) is 3.84. The normalized spacial score (nSPS) is 38.2. The van der Waals surface area contributed by atoms with Crippen LogP contribution in [0.3, 0.4) is 0 Å². The van der Waals surface area contributed by atoms with Gasteiger partial charge in [0, 0.05) is 18.6 Å². The van der Waals surface area contributed by atoms with Gasteiger partial charge in [-0.05, 0) is 0 Å². The van der Waals surface area contributed by atoms with E-state index in [1.807, 2.05) is 0 Å². The van der Waals surface area contributed by atoms with Crippen molar-refractivity contribution in [2.45, 2.75) is 6.04 Å². The van der Waals surface area contributed by atoms with Gasteiger partial charge in [0.25, 0.3) is 0 Å². The molecule has 3 nitrogen and oxygen atoms in total.